The fraction of sp³-hybridized carbons (Fsp3) is 0.800. The van der Waals surface area contributed by atoms with Crippen molar-refractivity contribution in [1.29, 1.82) is 0 Å². The second-order valence-corrected chi connectivity index (χ2v) is 5.51. The van der Waals surface area contributed by atoms with E-state index in [0.717, 1.165) is 19.7 Å². The van der Waals surface area contributed by atoms with Crippen molar-refractivity contribution in [3.8, 4) is 0 Å². The number of rotatable bonds is 6. The molecule has 1 aromatic rings. The van der Waals surface area contributed by atoms with Crippen molar-refractivity contribution in [2.75, 3.05) is 20.3 Å². The Labute approximate surface area is 116 Å². The molecule has 0 bridgehead atoms. The van der Waals surface area contributed by atoms with Crippen LogP contribution in [0.5, 0.6) is 0 Å². The summed E-state index contributed by atoms with van der Waals surface area (Å²) >= 11 is 0. The van der Waals surface area contributed by atoms with Crippen LogP contribution in [-0.2, 0) is 11.3 Å². The molecule has 0 amide bonds. The lowest BCUT2D eigenvalue weighted by molar-refractivity contribution is 0.199. The zero-order valence-corrected chi connectivity index (χ0v) is 12.1. The second-order valence-electron chi connectivity index (χ2n) is 5.51. The zero-order valence-electron chi connectivity index (χ0n) is 12.1. The molecule has 1 aromatic heterocycles. The molecule has 2 rings (SSSR count). The number of hydrogen-bond donors (Lipinski definition) is 2. The Kier molecular flexibility index (Phi) is 6.37. The third-order valence-electron chi connectivity index (χ3n) is 3.94. The molecule has 108 valence electrons. The number of imidazole rings is 1. The topological polar surface area (TPSA) is 49.9 Å². The first-order valence-electron chi connectivity index (χ1n) is 7.63. The van der Waals surface area contributed by atoms with E-state index in [1.807, 2.05) is 6.20 Å². The van der Waals surface area contributed by atoms with Crippen LogP contribution in [0.1, 0.15) is 62.4 Å². The van der Waals surface area contributed by atoms with Crippen LogP contribution < -0.4 is 5.32 Å². The second kappa shape index (κ2) is 8.33. The van der Waals surface area contributed by atoms with Crippen molar-refractivity contribution < 1.29 is 4.74 Å². The predicted octanol–water partition coefficient (Wildman–Crippen LogP) is 2.97. The van der Waals surface area contributed by atoms with Gasteiger partial charge in [-0.3, -0.25) is 0 Å². The van der Waals surface area contributed by atoms with E-state index in [-0.39, 0.29) is 0 Å². The first-order valence-corrected chi connectivity index (χ1v) is 7.63. The Morgan fingerprint density at radius 1 is 1.26 bits per heavy atom. The maximum atomic E-state index is 5.02. The number of aromatic amines is 1. The van der Waals surface area contributed by atoms with Gasteiger partial charge in [0.1, 0.15) is 5.82 Å². The number of hydrogen-bond acceptors (Lipinski definition) is 3. The molecular formula is C15H27N3O. The summed E-state index contributed by atoms with van der Waals surface area (Å²) in [5.41, 5.74) is 1.19. The summed E-state index contributed by atoms with van der Waals surface area (Å²) in [6.07, 6.45) is 11.5. The minimum absolute atomic E-state index is 0.646. The predicted molar refractivity (Wildman–Crippen MR) is 77.2 cm³/mol. The van der Waals surface area contributed by atoms with Crippen LogP contribution in [-0.4, -0.2) is 30.2 Å². The number of aromatic nitrogens is 2. The Balaban J connectivity index is 1.81. The average molecular weight is 265 g/mol. The monoisotopic (exact) mass is 265 g/mol. The van der Waals surface area contributed by atoms with Crippen LogP contribution in [0.4, 0.5) is 0 Å². The van der Waals surface area contributed by atoms with Crippen molar-refractivity contribution in [1.82, 2.24) is 15.3 Å². The third kappa shape index (κ3) is 4.96. The lowest BCUT2D eigenvalue weighted by atomic mass is 9.91. The van der Waals surface area contributed by atoms with E-state index >= 15 is 0 Å². The molecule has 0 atom stereocenters. The van der Waals surface area contributed by atoms with Gasteiger partial charge in [0.05, 0.1) is 6.61 Å². The van der Waals surface area contributed by atoms with Gasteiger partial charge in [-0.2, -0.15) is 0 Å². The van der Waals surface area contributed by atoms with Crippen molar-refractivity contribution in [3.05, 3.63) is 17.7 Å². The largest absolute Gasteiger partial charge is 0.383 e. The minimum Gasteiger partial charge on any atom is -0.383 e. The van der Waals surface area contributed by atoms with E-state index in [1.165, 1.54) is 56.5 Å². The highest BCUT2D eigenvalue weighted by Crippen LogP contribution is 2.28. The normalized spacial score (nSPS) is 18.2. The molecule has 1 saturated carbocycles. The van der Waals surface area contributed by atoms with E-state index in [2.05, 4.69) is 15.3 Å². The van der Waals surface area contributed by atoms with E-state index < -0.39 is 0 Å². The molecule has 0 radical (unpaired) electrons. The van der Waals surface area contributed by atoms with Crippen molar-refractivity contribution in [2.45, 2.75) is 57.4 Å². The van der Waals surface area contributed by atoms with Gasteiger partial charge < -0.3 is 15.0 Å². The summed E-state index contributed by atoms with van der Waals surface area (Å²) in [6, 6.07) is 0. The summed E-state index contributed by atoms with van der Waals surface area (Å²) in [5.74, 6) is 1.85. The van der Waals surface area contributed by atoms with Crippen LogP contribution in [0.2, 0.25) is 0 Å². The number of nitrogens with zero attached hydrogens (tertiary/aromatic N) is 1. The number of nitrogens with one attached hydrogen (secondary N) is 2. The molecule has 0 aromatic carbocycles. The van der Waals surface area contributed by atoms with E-state index in [0.29, 0.717) is 5.92 Å². The summed E-state index contributed by atoms with van der Waals surface area (Å²) in [6.45, 7) is 2.49. The molecule has 2 N–H and O–H groups in total. The summed E-state index contributed by atoms with van der Waals surface area (Å²) in [7, 11) is 1.73. The lowest BCUT2D eigenvalue weighted by Gasteiger charge is -2.17. The SMILES string of the molecule is COCCNCc1cnc(C2CCCCCCC2)[nH]1. The minimum atomic E-state index is 0.646. The van der Waals surface area contributed by atoms with Crippen LogP contribution >= 0.6 is 0 Å². The molecule has 0 saturated heterocycles. The van der Waals surface area contributed by atoms with E-state index in [4.69, 9.17) is 4.74 Å². The Hall–Kier alpha value is -0.870. The van der Waals surface area contributed by atoms with Crippen LogP contribution in [0.15, 0.2) is 6.20 Å². The Morgan fingerprint density at radius 3 is 2.74 bits per heavy atom. The van der Waals surface area contributed by atoms with E-state index in [1.54, 1.807) is 7.11 Å². The molecule has 0 aliphatic heterocycles. The average Bonchev–Trinajstić information content (AvgIpc) is 2.83. The zero-order chi connectivity index (χ0) is 13.3. The number of ether oxygens (including phenoxy) is 1. The molecule has 19 heavy (non-hydrogen) atoms. The number of H-pyrrole nitrogens is 1. The maximum absolute atomic E-state index is 5.02. The molecule has 0 spiro atoms. The summed E-state index contributed by atoms with van der Waals surface area (Å²) < 4.78 is 5.02. The highest BCUT2D eigenvalue weighted by atomic mass is 16.5. The molecule has 1 heterocycles. The lowest BCUT2D eigenvalue weighted by Crippen LogP contribution is -2.18. The van der Waals surface area contributed by atoms with Gasteiger partial charge in [-0.1, -0.05) is 32.1 Å². The fourth-order valence-electron chi connectivity index (χ4n) is 2.80. The fourth-order valence-corrected chi connectivity index (χ4v) is 2.80. The van der Waals surface area contributed by atoms with Crippen LogP contribution in [0.25, 0.3) is 0 Å². The third-order valence-corrected chi connectivity index (χ3v) is 3.94. The summed E-state index contributed by atoms with van der Waals surface area (Å²) in [4.78, 5) is 8.08. The van der Waals surface area contributed by atoms with Gasteiger partial charge in [-0.05, 0) is 12.8 Å². The van der Waals surface area contributed by atoms with Crippen molar-refractivity contribution in [2.24, 2.45) is 0 Å². The van der Waals surface area contributed by atoms with Gasteiger partial charge in [-0.25, -0.2) is 4.98 Å². The van der Waals surface area contributed by atoms with Gasteiger partial charge in [0.25, 0.3) is 0 Å². The first-order chi connectivity index (χ1) is 9.40. The Bertz CT molecular complexity index is 343. The highest BCUT2D eigenvalue weighted by molar-refractivity contribution is 5.05. The van der Waals surface area contributed by atoms with Gasteiger partial charge >= 0.3 is 0 Å². The van der Waals surface area contributed by atoms with E-state index in [9.17, 15) is 0 Å². The van der Waals surface area contributed by atoms with Crippen molar-refractivity contribution >= 4 is 0 Å². The molecule has 0 unspecified atom stereocenters. The molecule has 1 aliphatic carbocycles. The van der Waals surface area contributed by atoms with Gasteiger partial charge in [0.15, 0.2) is 0 Å². The van der Waals surface area contributed by atoms with Crippen LogP contribution in [0.3, 0.4) is 0 Å². The highest BCUT2D eigenvalue weighted by Gasteiger charge is 2.16. The van der Waals surface area contributed by atoms with Gasteiger partial charge in [0, 0.05) is 38.0 Å². The van der Waals surface area contributed by atoms with Crippen LogP contribution in [0, 0.1) is 0 Å². The number of methoxy groups -OCH3 is 1. The molecular weight excluding hydrogens is 238 g/mol. The molecule has 1 aliphatic rings. The first kappa shape index (κ1) is 14.5. The Morgan fingerprint density at radius 2 is 2.00 bits per heavy atom. The molecule has 1 fully saturated rings. The molecule has 4 heteroatoms. The van der Waals surface area contributed by atoms with Crippen molar-refractivity contribution in [3.63, 3.8) is 0 Å². The quantitative estimate of drug-likeness (QED) is 0.777. The summed E-state index contributed by atoms with van der Waals surface area (Å²) in [5, 5.41) is 3.34. The van der Waals surface area contributed by atoms with Gasteiger partial charge in [-0.15, -0.1) is 0 Å². The smallest absolute Gasteiger partial charge is 0.109 e. The molecule has 4 nitrogen and oxygen atoms in total. The van der Waals surface area contributed by atoms with Gasteiger partial charge in [0.2, 0.25) is 0 Å². The standard InChI is InChI=1S/C15H27N3O/c1-19-10-9-16-11-14-12-17-15(18-14)13-7-5-3-2-4-6-8-13/h12-13,16H,2-11H2,1H3,(H,17,18). The maximum Gasteiger partial charge on any atom is 0.109 e.